The first-order valence-electron chi connectivity index (χ1n) is 8.26. The molecule has 3 aromatic heterocycles. The lowest BCUT2D eigenvalue weighted by atomic mass is 9.98. The van der Waals surface area contributed by atoms with Gasteiger partial charge in [-0.05, 0) is 54.7 Å². The van der Waals surface area contributed by atoms with Gasteiger partial charge < -0.3 is 4.74 Å². The molecule has 0 aliphatic heterocycles. The van der Waals surface area contributed by atoms with Gasteiger partial charge in [0.1, 0.15) is 18.4 Å². The third-order valence-corrected chi connectivity index (χ3v) is 4.32. The molecule has 0 amide bonds. The third-order valence-electron chi connectivity index (χ3n) is 4.32. The van der Waals surface area contributed by atoms with Gasteiger partial charge in [0, 0.05) is 29.7 Å². The second kappa shape index (κ2) is 6.70. The fourth-order valence-corrected chi connectivity index (χ4v) is 3.17. The lowest BCUT2D eigenvalue weighted by Crippen LogP contribution is -2.02. The standard InChI is InChI=1S/C20H16N4O/c21-12-19-16(7-4-10-23-19)17-11-20(24-18-8-3-6-15(17)18)25-13-14-5-1-2-9-22-14/h1-2,4-5,7,9-11H,3,6,8,13H2. The van der Waals surface area contributed by atoms with Gasteiger partial charge in [-0.3, -0.25) is 4.98 Å². The lowest BCUT2D eigenvalue weighted by molar-refractivity contribution is 0.288. The van der Waals surface area contributed by atoms with Crippen LogP contribution in [0.4, 0.5) is 0 Å². The average Bonchev–Trinajstić information content (AvgIpc) is 3.15. The Labute approximate surface area is 146 Å². The molecule has 5 heteroatoms. The molecule has 5 nitrogen and oxygen atoms in total. The van der Waals surface area contributed by atoms with Gasteiger partial charge in [-0.25, -0.2) is 9.97 Å². The van der Waals surface area contributed by atoms with E-state index in [4.69, 9.17) is 4.74 Å². The first-order valence-corrected chi connectivity index (χ1v) is 8.26. The zero-order chi connectivity index (χ0) is 17.1. The smallest absolute Gasteiger partial charge is 0.214 e. The van der Waals surface area contributed by atoms with E-state index in [9.17, 15) is 5.26 Å². The molecular formula is C20H16N4O. The number of hydrogen-bond donors (Lipinski definition) is 0. The van der Waals surface area contributed by atoms with Gasteiger partial charge in [-0.1, -0.05) is 6.07 Å². The number of hydrogen-bond acceptors (Lipinski definition) is 5. The predicted octanol–water partition coefficient (Wildman–Crippen LogP) is 3.48. The van der Waals surface area contributed by atoms with Gasteiger partial charge in [-0.2, -0.15) is 5.26 Å². The van der Waals surface area contributed by atoms with Gasteiger partial charge >= 0.3 is 0 Å². The van der Waals surface area contributed by atoms with Crippen LogP contribution in [0, 0.1) is 11.3 Å². The molecule has 0 spiro atoms. The first kappa shape index (κ1) is 15.3. The van der Waals surface area contributed by atoms with E-state index in [0.29, 0.717) is 18.2 Å². The van der Waals surface area contributed by atoms with Crippen molar-refractivity contribution in [1.29, 1.82) is 5.26 Å². The largest absolute Gasteiger partial charge is 0.471 e. The molecule has 4 rings (SSSR count). The van der Waals surface area contributed by atoms with Gasteiger partial charge in [0.05, 0.1) is 5.69 Å². The minimum absolute atomic E-state index is 0.365. The van der Waals surface area contributed by atoms with Crippen LogP contribution in [-0.2, 0) is 19.4 Å². The molecule has 0 bridgehead atoms. The van der Waals surface area contributed by atoms with E-state index in [1.807, 2.05) is 36.4 Å². The van der Waals surface area contributed by atoms with Crippen LogP contribution in [0.25, 0.3) is 11.1 Å². The minimum atomic E-state index is 0.365. The zero-order valence-electron chi connectivity index (χ0n) is 13.6. The number of aromatic nitrogens is 3. The number of rotatable bonds is 4. The molecule has 3 heterocycles. The normalized spacial score (nSPS) is 12.4. The summed E-state index contributed by atoms with van der Waals surface area (Å²) in [6, 6.07) is 13.6. The Balaban J connectivity index is 1.72. The molecule has 25 heavy (non-hydrogen) atoms. The summed E-state index contributed by atoms with van der Waals surface area (Å²) < 4.78 is 5.88. The highest BCUT2D eigenvalue weighted by atomic mass is 16.5. The van der Waals surface area contributed by atoms with Crippen LogP contribution in [0.2, 0.25) is 0 Å². The van der Waals surface area contributed by atoms with Crippen LogP contribution >= 0.6 is 0 Å². The number of pyridine rings is 3. The van der Waals surface area contributed by atoms with Crippen LogP contribution in [0.3, 0.4) is 0 Å². The molecule has 0 saturated carbocycles. The second-order valence-electron chi connectivity index (χ2n) is 5.91. The maximum Gasteiger partial charge on any atom is 0.214 e. The fraction of sp³-hybridized carbons (Fsp3) is 0.200. The molecule has 1 aliphatic carbocycles. The lowest BCUT2D eigenvalue weighted by Gasteiger charge is -2.13. The third kappa shape index (κ3) is 3.07. The zero-order valence-corrected chi connectivity index (χ0v) is 13.6. The van der Waals surface area contributed by atoms with E-state index in [-0.39, 0.29) is 0 Å². The number of aryl methyl sites for hydroxylation is 1. The van der Waals surface area contributed by atoms with Crippen molar-refractivity contribution in [3.63, 3.8) is 0 Å². The van der Waals surface area contributed by atoms with Crippen molar-refractivity contribution < 1.29 is 4.74 Å². The Morgan fingerprint density at radius 2 is 1.96 bits per heavy atom. The highest BCUT2D eigenvalue weighted by Crippen LogP contribution is 2.35. The van der Waals surface area contributed by atoms with Crippen LogP contribution in [0.15, 0.2) is 48.8 Å². The number of ether oxygens (including phenoxy) is 1. The summed E-state index contributed by atoms with van der Waals surface area (Å²) in [7, 11) is 0. The Bertz CT molecular complexity index is 948. The molecule has 0 saturated heterocycles. The van der Waals surface area contributed by atoms with Crippen LogP contribution in [0.1, 0.15) is 29.1 Å². The van der Waals surface area contributed by atoms with Crippen LogP contribution in [0.5, 0.6) is 5.88 Å². The van der Waals surface area contributed by atoms with Gasteiger partial charge in [0.2, 0.25) is 5.88 Å². The highest BCUT2D eigenvalue weighted by Gasteiger charge is 2.21. The summed E-state index contributed by atoms with van der Waals surface area (Å²) in [4.78, 5) is 13.1. The summed E-state index contributed by atoms with van der Waals surface area (Å²) in [5.41, 5.74) is 5.39. The number of fused-ring (bicyclic) bond motifs is 1. The Morgan fingerprint density at radius 1 is 1.04 bits per heavy atom. The van der Waals surface area contributed by atoms with E-state index in [2.05, 4.69) is 21.0 Å². The maximum absolute atomic E-state index is 9.38. The molecule has 0 radical (unpaired) electrons. The predicted molar refractivity (Wildman–Crippen MR) is 92.8 cm³/mol. The SMILES string of the molecule is N#Cc1ncccc1-c1cc(OCc2ccccn2)nc2c1CCC2. The molecule has 0 unspecified atom stereocenters. The van der Waals surface area contributed by atoms with E-state index in [1.165, 1.54) is 5.56 Å². The Hall–Kier alpha value is -3.26. The molecule has 0 aromatic carbocycles. The van der Waals surface area contributed by atoms with Gasteiger partial charge in [0.15, 0.2) is 0 Å². The molecule has 0 atom stereocenters. The summed E-state index contributed by atoms with van der Waals surface area (Å²) in [5.74, 6) is 0.564. The molecular weight excluding hydrogens is 312 g/mol. The summed E-state index contributed by atoms with van der Waals surface area (Å²) in [6.07, 6.45) is 6.36. The van der Waals surface area contributed by atoms with E-state index in [0.717, 1.165) is 41.8 Å². The van der Waals surface area contributed by atoms with E-state index >= 15 is 0 Å². The highest BCUT2D eigenvalue weighted by molar-refractivity contribution is 5.73. The van der Waals surface area contributed by atoms with Gasteiger partial charge in [-0.15, -0.1) is 0 Å². The summed E-state index contributed by atoms with van der Waals surface area (Å²) in [5, 5.41) is 9.38. The summed E-state index contributed by atoms with van der Waals surface area (Å²) in [6.45, 7) is 0.365. The molecule has 3 aromatic rings. The van der Waals surface area contributed by atoms with Crippen molar-refractivity contribution in [1.82, 2.24) is 15.0 Å². The van der Waals surface area contributed by atoms with E-state index in [1.54, 1.807) is 12.4 Å². The van der Waals surface area contributed by atoms with Crippen molar-refractivity contribution in [3.8, 4) is 23.1 Å². The van der Waals surface area contributed by atoms with Crippen molar-refractivity contribution in [3.05, 3.63) is 71.4 Å². The number of nitriles is 1. The first-order chi connectivity index (χ1) is 12.3. The molecule has 122 valence electrons. The van der Waals surface area contributed by atoms with Crippen molar-refractivity contribution in [2.75, 3.05) is 0 Å². The molecule has 0 N–H and O–H groups in total. The van der Waals surface area contributed by atoms with Crippen LogP contribution < -0.4 is 4.74 Å². The van der Waals surface area contributed by atoms with Gasteiger partial charge in [0.25, 0.3) is 0 Å². The molecule has 0 fully saturated rings. The van der Waals surface area contributed by atoms with E-state index < -0.39 is 0 Å². The monoisotopic (exact) mass is 328 g/mol. The van der Waals surface area contributed by atoms with Crippen molar-refractivity contribution >= 4 is 0 Å². The topological polar surface area (TPSA) is 71.7 Å². The fourth-order valence-electron chi connectivity index (χ4n) is 3.17. The second-order valence-corrected chi connectivity index (χ2v) is 5.91. The summed E-state index contributed by atoms with van der Waals surface area (Å²) >= 11 is 0. The van der Waals surface area contributed by atoms with Crippen molar-refractivity contribution in [2.24, 2.45) is 0 Å². The number of nitrogens with zero attached hydrogens (tertiary/aromatic N) is 4. The quantitative estimate of drug-likeness (QED) is 0.733. The maximum atomic E-state index is 9.38. The Kier molecular flexibility index (Phi) is 4.09. The molecule has 1 aliphatic rings. The van der Waals surface area contributed by atoms with Crippen LogP contribution in [-0.4, -0.2) is 15.0 Å². The Morgan fingerprint density at radius 3 is 2.80 bits per heavy atom. The average molecular weight is 328 g/mol. The minimum Gasteiger partial charge on any atom is -0.471 e. The van der Waals surface area contributed by atoms with Crippen molar-refractivity contribution in [2.45, 2.75) is 25.9 Å².